The molecule has 204 valence electrons. The third-order valence-electron chi connectivity index (χ3n) is 3.10. The first-order valence-electron chi connectivity index (χ1n) is 12.1. The van der Waals surface area contributed by atoms with Gasteiger partial charge >= 0.3 is 34.2 Å². The highest BCUT2D eigenvalue weighted by Crippen LogP contribution is 2.29. The standard InChI is InChI=1S/C10H26O3Si2.C6H14O.C4H12O2Si2.C2H6O/c1-9-11-14(5,6)13-15(7,8)12-10(2,3)4;1-5-7-6(2,3)4;1-7(2)5-8(3,4)6-7;1-2-3/h9H2,1-8H3;5H2,1-4H3;1-4H3;3H,2H2,1H3. The van der Waals surface area contributed by atoms with Crippen molar-refractivity contribution in [2.45, 2.75) is 126 Å². The topological polar surface area (TPSA) is 75.6 Å². The molecule has 1 N–H and O–H groups in total. The summed E-state index contributed by atoms with van der Waals surface area (Å²) in [5, 5.41) is 7.57. The molecule has 0 aromatic carbocycles. The lowest BCUT2D eigenvalue weighted by atomic mass is 10.2. The van der Waals surface area contributed by atoms with Gasteiger partial charge in [-0.05, 0) is 115 Å². The van der Waals surface area contributed by atoms with Gasteiger partial charge in [-0.3, -0.25) is 0 Å². The Hall–Kier alpha value is 0.588. The summed E-state index contributed by atoms with van der Waals surface area (Å²) in [4.78, 5) is 0. The van der Waals surface area contributed by atoms with Crippen LogP contribution in [-0.4, -0.2) is 70.4 Å². The van der Waals surface area contributed by atoms with Gasteiger partial charge < -0.3 is 31.0 Å². The molecule has 7 nitrogen and oxygen atoms in total. The zero-order valence-electron chi connectivity index (χ0n) is 25.0. The molecule has 0 bridgehead atoms. The Bertz CT molecular complexity index is 478. The third-order valence-corrected chi connectivity index (χ3v) is 17.0. The SMILES string of the molecule is CCO.CCOC(C)(C)C.CCO[Si](C)(C)O[Si](C)(C)OC(C)(C)C.C[Si]1(C)O[Si](C)(C)O1. The van der Waals surface area contributed by atoms with Gasteiger partial charge in [-0.15, -0.1) is 0 Å². The Balaban J connectivity index is -0.000000419. The average Bonchev–Trinajstić information content (AvgIpc) is 2.40. The van der Waals surface area contributed by atoms with Crippen molar-refractivity contribution in [3.8, 4) is 0 Å². The van der Waals surface area contributed by atoms with Crippen LogP contribution in [0.25, 0.3) is 0 Å². The Morgan fingerprint density at radius 1 is 0.697 bits per heavy atom. The van der Waals surface area contributed by atoms with E-state index < -0.39 is 34.2 Å². The fraction of sp³-hybridized carbons (Fsp3) is 1.00. The summed E-state index contributed by atoms with van der Waals surface area (Å²) in [6, 6.07) is 0. The number of aliphatic hydroxyl groups is 1. The quantitative estimate of drug-likeness (QED) is 0.380. The molecule has 33 heavy (non-hydrogen) atoms. The lowest BCUT2D eigenvalue weighted by molar-refractivity contribution is 0.00530. The van der Waals surface area contributed by atoms with Crippen LogP contribution in [0.4, 0.5) is 0 Å². The van der Waals surface area contributed by atoms with E-state index in [9.17, 15) is 0 Å². The normalized spacial score (nSPS) is 17.3. The van der Waals surface area contributed by atoms with Gasteiger partial charge in [0.15, 0.2) is 0 Å². The maximum absolute atomic E-state index is 7.57. The molecule has 1 saturated heterocycles. The third kappa shape index (κ3) is 28.7. The van der Waals surface area contributed by atoms with Gasteiger partial charge in [0.2, 0.25) is 0 Å². The molecule has 0 aliphatic carbocycles. The molecule has 1 aliphatic rings. The molecule has 0 saturated carbocycles. The second-order valence-corrected chi connectivity index (χ2v) is 25.6. The van der Waals surface area contributed by atoms with Gasteiger partial charge in [0.1, 0.15) is 0 Å². The van der Waals surface area contributed by atoms with Crippen LogP contribution in [-0.2, 0) is 25.9 Å². The van der Waals surface area contributed by atoms with Crippen molar-refractivity contribution >= 4 is 34.2 Å². The van der Waals surface area contributed by atoms with Crippen LogP contribution in [0.1, 0.15) is 62.3 Å². The molecule has 1 rings (SSSR count). The van der Waals surface area contributed by atoms with Gasteiger partial charge in [0.05, 0.1) is 11.2 Å². The van der Waals surface area contributed by atoms with Crippen molar-refractivity contribution in [2.24, 2.45) is 0 Å². The predicted molar refractivity (Wildman–Crippen MR) is 150 cm³/mol. The molecule has 0 atom stereocenters. The number of ether oxygens (including phenoxy) is 1. The molecule has 0 radical (unpaired) electrons. The fourth-order valence-electron chi connectivity index (χ4n) is 3.35. The maximum Gasteiger partial charge on any atom is 0.323 e. The van der Waals surface area contributed by atoms with Crippen molar-refractivity contribution in [3.05, 3.63) is 0 Å². The average molecular weight is 547 g/mol. The Morgan fingerprint density at radius 3 is 1.21 bits per heavy atom. The molecular formula is C22H58O7Si4. The molecule has 11 heteroatoms. The van der Waals surface area contributed by atoms with Crippen molar-refractivity contribution in [1.82, 2.24) is 0 Å². The van der Waals surface area contributed by atoms with E-state index >= 15 is 0 Å². The van der Waals surface area contributed by atoms with Crippen LogP contribution in [0.15, 0.2) is 0 Å². The summed E-state index contributed by atoms with van der Waals surface area (Å²) in [5.41, 5.74) is -0.0961. The molecule has 0 aromatic heterocycles. The molecule has 1 aliphatic heterocycles. The first-order chi connectivity index (χ1) is 14.4. The molecule has 0 aromatic rings. The smallest absolute Gasteiger partial charge is 0.323 e. The lowest BCUT2D eigenvalue weighted by Crippen LogP contribution is -2.64. The highest BCUT2D eigenvalue weighted by atomic mass is 28.5. The zero-order chi connectivity index (χ0) is 27.4. The van der Waals surface area contributed by atoms with Crippen LogP contribution in [0.2, 0.25) is 52.4 Å². The Labute approximate surface area is 210 Å². The van der Waals surface area contributed by atoms with Crippen LogP contribution in [0, 0.1) is 0 Å². The summed E-state index contributed by atoms with van der Waals surface area (Å²) >= 11 is 0. The van der Waals surface area contributed by atoms with Crippen molar-refractivity contribution in [3.63, 3.8) is 0 Å². The molecule has 1 heterocycles. The predicted octanol–water partition coefficient (Wildman–Crippen LogP) is 6.52. The van der Waals surface area contributed by atoms with Crippen LogP contribution < -0.4 is 0 Å². The molecule has 0 amide bonds. The lowest BCUT2D eigenvalue weighted by Gasteiger charge is -2.46. The number of aliphatic hydroxyl groups excluding tert-OH is 1. The van der Waals surface area contributed by atoms with Gasteiger partial charge in [0, 0.05) is 19.8 Å². The van der Waals surface area contributed by atoms with E-state index in [1.54, 1.807) is 6.92 Å². The number of rotatable bonds is 6. The number of hydrogen-bond acceptors (Lipinski definition) is 7. The van der Waals surface area contributed by atoms with Crippen molar-refractivity contribution in [1.29, 1.82) is 0 Å². The van der Waals surface area contributed by atoms with E-state index in [0.717, 1.165) is 6.61 Å². The molecule has 0 spiro atoms. The summed E-state index contributed by atoms with van der Waals surface area (Å²) in [6.07, 6.45) is 0. The van der Waals surface area contributed by atoms with E-state index in [0.29, 0.717) is 6.61 Å². The largest absolute Gasteiger partial charge is 0.416 e. The molecule has 1 fully saturated rings. The zero-order valence-corrected chi connectivity index (χ0v) is 29.0. The highest BCUT2D eigenvalue weighted by Gasteiger charge is 2.49. The fourth-order valence-corrected chi connectivity index (χ4v) is 20.2. The van der Waals surface area contributed by atoms with E-state index in [4.69, 9.17) is 31.0 Å². The Kier molecular flexibility index (Phi) is 18.1. The van der Waals surface area contributed by atoms with Gasteiger partial charge in [-0.25, -0.2) is 0 Å². The summed E-state index contributed by atoms with van der Waals surface area (Å²) in [6.45, 7) is 36.4. The monoisotopic (exact) mass is 546 g/mol. The van der Waals surface area contributed by atoms with E-state index in [-0.39, 0.29) is 17.8 Å². The highest BCUT2D eigenvalue weighted by molar-refractivity contribution is 6.92. The second-order valence-electron chi connectivity index (χ2n) is 11.4. The van der Waals surface area contributed by atoms with Crippen LogP contribution in [0.5, 0.6) is 0 Å². The van der Waals surface area contributed by atoms with E-state index in [1.165, 1.54) is 0 Å². The van der Waals surface area contributed by atoms with Gasteiger partial charge in [0.25, 0.3) is 0 Å². The minimum absolute atomic E-state index is 0.0503. The van der Waals surface area contributed by atoms with E-state index in [1.807, 2.05) is 13.8 Å². The first kappa shape index (κ1) is 38.1. The Morgan fingerprint density at radius 2 is 1.06 bits per heavy atom. The summed E-state index contributed by atoms with van der Waals surface area (Å²) in [5.74, 6) is 0. The minimum atomic E-state index is -2.07. The molecule has 0 unspecified atom stereocenters. The van der Waals surface area contributed by atoms with E-state index in [2.05, 4.69) is 93.9 Å². The summed E-state index contributed by atoms with van der Waals surface area (Å²) in [7, 11) is -7.13. The molecular weight excluding hydrogens is 489 g/mol. The van der Waals surface area contributed by atoms with Crippen molar-refractivity contribution < 1.29 is 31.0 Å². The van der Waals surface area contributed by atoms with Crippen LogP contribution in [0.3, 0.4) is 0 Å². The van der Waals surface area contributed by atoms with Crippen LogP contribution >= 0.6 is 0 Å². The summed E-state index contributed by atoms with van der Waals surface area (Å²) < 4.78 is 34.1. The maximum atomic E-state index is 7.57. The van der Waals surface area contributed by atoms with Gasteiger partial charge in [-0.1, -0.05) is 0 Å². The van der Waals surface area contributed by atoms with Crippen molar-refractivity contribution in [2.75, 3.05) is 19.8 Å². The minimum Gasteiger partial charge on any atom is -0.416 e. The first-order valence-corrected chi connectivity index (χ1v) is 23.3. The second kappa shape index (κ2) is 15.6. The van der Waals surface area contributed by atoms with Gasteiger partial charge in [-0.2, -0.15) is 0 Å². The number of hydrogen-bond donors (Lipinski definition) is 1.